The molecule has 2 rings (SSSR count). The minimum Gasteiger partial charge on any atom is -0.497 e. The van der Waals surface area contributed by atoms with Crippen molar-refractivity contribution < 1.29 is 19.5 Å². The van der Waals surface area contributed by atoms with Crippen LogP contribution in [0.2, 0.25) is 0 Å². The van der Waals surface area contributed by atoms with Crippen molar-refractivity contribution in [1.29, 1.82) is 0 Å². The maximum absolute atomic E-state index is 12.4. The Hall–Kier alpha value is -2.60. The standard InChI is InChI=1S/C18H16BrNO4/c1-23-14-7-3-12(4-8-14)17(16(21)11-20-22)18(19)13-5-9-15(24-2)10-6-13/h3-11,22H,1-2H3. The zero-order chi connectivity index (χ0) is 17.5. The van der Waals surface area contributed by atoms with Gasteiger partial charge in [0.05, 0.1) is 14.2 Å². The lowest BCUT2D eigenvalue weighted by molar-refractivity contribution is -0.107. The number of nitrogens with zero attached hydrogens (tertiary/aromatic N) is 1. The lowest BCUT2D eigenvalue weighted by atomic mass is 9.99. The van der Waals surface area contributed by atoms with Crippen molar-refractivity contribution in [2.75, 3.05) is 14.2 Å². The molecular formula is C18H16BrNO4. The first kappa shape index (κ1) is 17.7. The van der Waals surface area contributed by atoms with Crippen LogP contribution in [0.25, 0.3) is 10.1 Å². The summed E-state index contributed by atoms with van der Waals surface area (Å²) in [6.45, 7) is 0. The normalized spacial score (nSPS) is 12.0. The molecule has 5 nitrogen and oxygen atoms in total. The van der Waals surface area contributed by atoms with Crippen LogP contribution in [0.3, 0.4) is 0 Å². The van der Waals surface area contributed by atoms with Crippen LogP contribution in [0, 0.1) is 0 Å². The van der Waals surface area contributed by atoms with Crippen molar-refractivity contribution in [3.05, 3.63) is 59.7 Å². The lowest BCUT2D eigenvalue weighted by Crippen LogP contribution is -2.05. The number of Topliss-reactive ketones (excluding diaryl/α,β-unsaturated/α-hetero) is 1. The second-order valence-corrected chi connectivity index (χ2v) is 5.55. The number of hydrogen-bond acceptors (Lipinski definition) is 5. The van der Waals surface area contributed by atoms with E-state index in [0.717, 1.165) is 11.8 Å². The number of oxime groups is 1. The summed E-state index contributed by atoms with van der Waals surface area (Å²) in [5, 5.41) is 11.6. The number of benzene rings is 2. The van der Waals surface area contributed by atoms with Gasteiger partial charge in [-0.25, -0.2) is 0 Å². The summed E-state index contributed by atoms with van der Waals surface area (Å²) in [5.41, 5.74) is 1.84. The van der Waals surface area contributed by atoms with Crippen LogP contribution in [0.15, 0.2) is 53.7 Å². The number of carbonyl (C=O) groups is 1. The van der Waals surface area contributed by atoms with Gasteiger partial charge in [0.15, 0.2) is 0 Å². The Balaban J connectivity index is 2.55. The van der Waals surface area contributed by atoms with Gasteiger partial charge in [0.25, 0.3) is 0 Å². The molecule has 2 aromatic rings. The molecule has 0 aliphatic heterocycles. The van der Waals surface area contributed by atoms with E-state index in [1.165, 1.54) is 0 Å². The molecule has 0 atom stereocenters. The van der Waals surface area contributed by atoms with E-state index in [9.17, 15) is 4.79 Å². The van der Waals surface area contributed by atoms with Crippen molar-refractivity contribution in [1.82, 2.24) is 0 Å². The molecule has 0 aliphatic carbocycles. The molecule has 0 aliphatic rings. The Labute approximate surface area is 148 Å². The third-order valence-electron chi connectivity index (χ3n) is 3.36. The van der Waals surface area contributed by atoms with Crippen molar-refractivity contribution in [3.63, 3.8) is 0 Å². The second-order valence-electron chi connectivity index (χ2n) is 4.75. The smallest absolute Gasteiger partial charge is 0.209 e. The van der Waals surface area contributed by atoms with E-state index >= 15 is 0 Å². The van der Waals surface area contributed by atoms with Crippen LogP contribution in [0.4, 0.5) is 0 Å². The van der Waals surface area contributed by atoms with Gasteiger partial charge >= 0.3 is 0 Å². The fourth-order valence-corrected chi connectivity index (χ4v) is 2.82. The summed E-state index contributed by atoms with van der Waals surface area (Å²) in [6, 6.07) is 14.3. The average Bonchev–Trinajstić information content (AvgIpc) is 2.62. The third-order valence-corrected chi connectivity index (χ3v) is 4.22. The third kappa shape index (κ3) is 4.02. The van der Waals surface area contributed by atoms with Gasteiger partial charge in [0.2, 0.25) is 5.78 Å². The van der Waals surface area contributed by atoms with Crippen LogP contribution < -0.4 is 9.47 Å². The maximum atomic E-state index is 12.4. The Kier molecular flexibility index (Phi) is 6.14. The van der Waals surface area contributed by atoms with E-state index in [1.807, 2.05) is 12.1 Å². The fraction of sp³-hybridized carbons (Fsp3) is 0.111. The molecule has 0 radical (unpaired) electrons. The highest BCUT2D eigenvalue weighted by Crippen LogP contribution is 2.33. The topological polar surface area (TPSA) is 68.1 Å². The number of allylic oxidation sites excluding steroid dienone is 1. The molecule has 0 fully saturated rings. The minimum atomic E-state index is -0.426. The number of rotatable bonds is 6. The van der Waals surface area contributed by atoms with E-state index < -0.39 is 5.78 Å². The van der Waals surface area contributed by atoms with Crippen LogP contribution in [0.1, 0.15) is 11.1 Å². The number of carbonyl (C=O) groups excluding carboxylic acids is 1. The van der Waals surface area contributed by atoms with Crippen molar-refractivity contribution >= 4 is 38.0 Å². The second kappa shape index (κ2) is 8.31. The van der Waals surface area contributed by atoms with Crippen molar-refractivity contribution in [3.8, 4) is 11.5 Å². The molecule has 0 spiro atoms. The highest BCUT2D eigenvalue weighted by molar-refractivity contribution is 9.15. The highest BCUT2D eigenvalue weighted by atomic mass is 79.9. The Morgan fingerprint density at radius 1 is 0.958 bits per heavy atom. The number of ketones is 1. The lowest BCUT2D eigenvalue weighted by Gasteiger charge is -2.10. The molecule has 0 bridgehead atoms. The Bertz CT molecular complexity index is 765. The van der Waals surface area contributed by atoms with E-state index in [4.69, 9.17) is 14.7 Å². The van der Waals surface area contributed by atoms with Gasteiger partial charge in [-0.05, 0) is 51.3 Å². The SMILES string of the molecule is COc1ccc(C(Br)=C(C(=O)C=NO)c2ccc(OC)cc2)cc1. The van der Waals surface area contributed by atoms with Crippen molar-refractivity contribution in [2.24, 2.45) is 5.16 Å². The molecule has 0 unspecified atom stereocenters. The first-order valence-electron chi connectivity index (χ1n) is 7.01. The van der Waals surface area contributed by atoms with Crippen LogP contribution in [0.5, 0.6) is 11.5 Å². The first-order valence-corrected chi connectivity index (χ1v) is 7.80. The van der Waals surface area contributed by atoms with E-state index in [2.05, 4.69) is 21.1 Å². The number of halogens is 1. The quantitative estimate of drug-likeness (QED) is 0.266. The molecule has 6 heteroatoms. The number of methoxy groups -OCH3 is 2. The Morgan fingerprint density at radius 3 is 1.83 bits per heavy atom. The van der Waals surface area contributed by atoms with Gasteiger partial charge in [0, 0.05) is 10.1 Å². The monoisotopic (exact) mass is 389 g/mol. The number of hydrogen-bond donors (Lipinski definition) is 1. The summed E-state index contributed by atoms with van der Waals surface area (Å²) in [7, 11) is 3.16. The zero-order valence-corrected chi connectivity index (χ0v) is 14.8. The first-order chi connectivity index (χ1) is 11.6. The van der Waals surface area contributed by atoms with Crippen LogP contribution in [-0.4, -0.2) is 31.4 Å². The summed E-state index contributed by atoms with van der Waals surface area (Å²) in [5.74, 6) is 0.973. The van der Waals surface area contributed by atoms with Gasteiger partial charge in [-0.1, -0.05) is 29.4 Å². The van der Waals surface area contributed by atoms with Gasteiger partial charge in [-0.3, -0.25) is 4.79 Å². The molecule has 0 amide bonds. The van der Waals surface area contributed by atoms with E-state index in [-0.39, 0.29) is 0 Å². The predicted octanol–water partition coefficient (Wildman–Crippen LogP) is 4.00. The summed E-state index contributed by atoms with van der Waals surface area (Å²) in [6.07, 6.45) is 0.865. The Morgan fingerprint density at radius 2 is 1.42 bits per heavy atom. The van der Waals surface area contributed by atoms with Gasteiger partial charge in [-0.2, -0.15) is 0 Å². The van der Waals surface area contributed by atoms with E-state index in [0.29, 0.717) is 27.1 Å². The average molecular weight is 390 g/mol. The van der Waals surface area contributed by atoms with Crippen molar-refractivity contribution in [2.45, 2.75) is 0 Å². The molecule has 1 N–H and O–H groups in total. The van der Waals surface area contributed by atoms with Gasteiger partial charge < -0.3 is 14.7 Å². The largest absolute Gasteiger partial charge is 0.497 e. The van der Waals surface area contributed by atoms with Crippen LogP contribution in [-0.2, 0) is 4.79 Å². The molecule has 124 valence electrons. The molecule has 24 heavy (non-hydrogen) atoms. The molecule has 2 aromatic carbocycles. The molecule has 0 heterocycles. The molecule has 0 aromatic heterocycles. The summed E-state index contributed by atoms with van der Waals surface area (Å²) < 4.78 is 10.9. The summed E-state index contributed by atoms with van der Waals surface area (Å²) >= 11 is 3.49. The maximum Gasteiger partial charge on any atom is 0.209 e. The zero-order valence-electron chi connectivity index (χ0n) is 13.2. The van der Waals surface area contributed by atoms with Crippen LogP contribution >= 0.6 is 15.9 Å². The highest BCUT2D eigenvalue weighted by Gasteiger charge is 2.16. The predicted molar refractivity (Wildman–Crippen MR) is 97.0 cm³/mol. The van der Waals surface area contributed by atoms with Gasteiger partial charge in [-0.15, -0.1) is 0 Å². The molecule has 0 saturated heterocycles. The summed E-state index contributed by atoms with van der Waals surface area (Å²) in [4.78, 5) is 12.4. The fourth-order valence-electron chi connectivity index (χ4n) is 2.13. The minimum absolute atomic E-state index is 0.376. The van der Waals surface area contributed by atoms with E-state index in [1.54, 1.807) is 50.6 Å². The molecule has 0 saturated carbocycles. The van der Waals surface area contributed by atoms with Gasteiger partial charge in [0.1, 0.15) is 17.7 Å². The molecular weight excluding hydrogens is 374 g/mol. The number of ether oxygens (including phenoxy) is 2.